The van der Waals surface area contributed by atoms with Crippen LogP contribution in [0.1, 0.15) is 21.5 Å². The minimum absolute atomic E-state index is 0.279. The van der Waals surface area contributed by atoms with Crippen LogP contribution in [0.2, 0.25) is 0 Å². The molecule has 0 saturated heterocycles. The van der Waals surface area contributed by atoms with E-state index in [9.17, 15) is 4.79 Å². The van der Waals surface area contributed by atoms with Crippen molar-refractivity contribution < 1.29 is 9.53 Å². The number of nitrogens with zero attached hydrogens (tertiary/aromatic N) is 3. The van der Waals surface area contributed by atoms with E-state index in [2.05, 4.69) is 21.5 Å². The number of thiazole rings is 1. The van der Waals surface area contributed by atoms with Crippen LogP contribution in [0, 0.1) is 13.8 Å². The molecule has 114 valence electrons. The minimum atomic E-state index is -0.279. The average molecular weight is 316 g/mol. The molecule has 22 heavy (non-hydrogen) atoms. The predicted molar refractivity (Wildman–Crippen MR) is 86.8 cm³/mol. The van der Waals surface area contributed by atoms with Gasteiger partial charge < -0.3 is 4.74 Å². The minimum Gasteiger partial charge on any atom is -0.479 e. The van der Waals surface area contributed by atoms with Crippen molar-refractivity contribution in [2.45, 2.75) is 13.8 Å². The van der Waals surface area contributed by atoms with Gasteiger partial charge >= 0.3 is 0 Å². The normalized spacial score (nSPS) is 10.9. The topological polar surface area (TPSA) is 69.0 Å². The standard InChI is InChI=1S/C15H16N4O2S/c1-8-5-6-11-12(9(8)2)16-15(22-11)17-13(20)10-7-19(3)18-14(10)21-4/h5-7H,1-4H3,(H,16,17,20). The van der Waals surface area contributed by atoms with Gasteiger partial charge in [0, 0.05) is 13.2 Å². The number of hydrogen-bond acceptors (Lipinski definition) is 5. The molecule has 0 atom stereocenters. The zero-order valence-corrected chi connectivity index (χ0v) is 13.6. The van der Waals surface area contributed by atoms with E-state index >= 15 is 0 Å². The number of amides is 1. The first-order chi connectivity index (χ1) is 10.5. The van der Waals surface area contributed by atoms with Gasteiger partial charge in [-0.05, 0) is 31.0 Å². The number of aryl methyl sites for hydroxylation is 3. The predicted octanol–water partition coefficient (Wildman–Crippen LogP) is 2.91. The van der Waals surface area contributed by atoms with Gasteiger partial charge in [0.2, 0.25) is 5.88 Å². The molecule has 6 nitrogen and oxygen atoms in total. The fourth-order valence-electron chi connectivity index (χ4n) is 2.22. The molecule has 0 bridgehead atoms. The molecule has 0 spiro atoms. The number of methoxy groups -OCH3 is 1. The van der Waals surface area contributed by atoms with Gasteiger partial charge in [0.05, 0.1) is 17.3 Å². The second-order valence-electron chi connectivity index (χ2n) is 5.05. The van der Waals surface area contributed by atoms with E-state index < -0.39 is 0 Å². The maximum atomic E-state index is 12.4. The van der Waals surface area contributed by atoms with Crippen molar-refractivity contribution in [3.8, 4) is 5.88 Å². The van der Waals surface area contributed by atoms with Crippen LogP contribution in [0.5, 0.6) is 5.88 Å². The number of fused-ring (bicyclic) bond motifs is 1. The third kappa shape index (κ3) is 2.43. The van der Waals surface area contributed by atoms with E-state index in [1.54, 1.807) is 17.9 Å². The molecule has 1 aromatic carbocycles. The Balaban J connectivity index is 1.92. The lowest BCUT2D eigenvalue weighted by Crippen LogP contribution is -2.12. The zero-order chi connectivity index (χ0) is 15.9. The molecule has 0 fully saturated rings. The molecule has 0 radical (unpaired) electrons. The third-order valence-electron chi connectivity index (χ3n) is 3.54. The van der Waals surface area contributed by atoms with Crippen LogP contribution in [-0.2, 0) is 7.05 Å². The first kappa shape index (κ1) is 14.5. The molecule has 0 saturated carbocycles. The number of ether oxygens (including phenoxy) is 1. The lowest BCUT2D eigenvalue weighted by Gasteiger charge is -2.00. The van der Waals surface area contributed by atoms with Crippen molar-refractivity contribution in [1.29, 1.82) is 0 Å². The van der Waals surface area contributed by atoms with Gasteiger partial charge in [0.25, 0.3) is 5.91 Å². The first-order valence-corrected chi connectivity index (χ1v) is 7.57. The summed E-state index contributed by atoms with van der Waals surface area (Å²) in [5, 5.41) is 7.46. The molecule has 1 N–H and O–H groups in total. The summed E-state index contributed by atoms with van der Waals surface area (Å²) in [4.78, 5) is 16.9. The molecule has 0 aliphatic carbocycles. The van der Waals surface area contributed by atoms with Gasteiger partial charge in [-0.1, -0.05) is 17.4 Å². The van der Waals surface area contributed by atoms with Crippen molar-refractivity contribution in [1.82, 2.24) is 14.8 Å². The molecule has 0 aliphatic rings. The van der Waals surface area contributed by atoms with Crippen molar-refractivity contribution in [2.75, 3.05) is 12.4 Å². The van der Waals surface area contributed by atoms with Crippen LogP contribution >= 0.6 is 11.3 Å². The molecule has 0 unspecified atom stereocenters. The molecule has 3 aromatic rings. The van der Waals surface area contributed by atoms with Crippen LogP contribution < -0.4 is 10.1 Å². The number of aromatic nitrogens is 3. The summed E-state index contributed by atoms with van der Waals surface area (Å²) in [7, 11) is 3.23. The smallest absolute Gasteiger partial charge is 0.264 e. The highest BCUT2D eigenvalue weighted by atomic mass is 32.1. The quantitative estimate of drug-likeness (QED) is 0.806. The highest BCUT2D eigenvalue weighted by molar-refractivity contribution is 7.22. The monoisotopic (exact) mass is 316 g/mol. The molecular formula is C15H16N4O2S. The van der Waals surface area contributed by atoms with Crippen LogP contribution in [0.15, 0.2) is 18.3 Å². The van der Waals surface area contributed by atoms with Crippen LogP contribution in [0.25, 0.3) is 10.2 Å². The Morgan fingerprint density at radius 3 is 2.86 bits per heavy atom. The van der Waals surface area contributed by atoms with E-state index in [1.165, 1.54) is 24.0 Å². The summed E-state index contributed by atoms with van der Waals surface area (Å²) in [6.45, 7) is 4.08. The lowest BCUT2D eigenvalue weighted by molar-refractivity contribution is 0.102. The molecule has 1 amide bonds. The van der Waals surface area contributed by atoms with Crippen LogP contribution in [-0.4, -0.2) is 27.8 Å². The Hall–Kier alpha value is -2.41. The number of carbonyl (C=O) groups is 1. The Morgan fingerprint density at radius 2 is 2.14 bits per heavy atom. The second-order valence-corrected chi connectivity index (χ2v) is 6.08. The number of rotatable bonds is 3. The Morgan fingerprint density at radius 1 is 1.36 bits per heavy atom. The number of anilines is 1. The first-order valence-electron chi connectivity index (χ1n) is 6.75. The van der Waals surface area contributed by atoms with Gasteiger partial charge in [-0.3, -0.25) is 14.8 Å². The summed E-state index contributed by atoms with van der Waals surface area (Å²) in [6.07, 6.45) is 1.62. The number of hydrogen-bond donors (Lipinski definition) is 1. The summed E-state index contributed by atoms with van der Waals surface area (Å²) < 4.78 is 7.70. The number of carbonyl (C=O) groups excluding carboxylic acids is 1. The SMILES string of the molecule is COc1nn(C)cc1C(=O)Nc1nc2c(C)c(C)ccc2s1. The fraction of sp³-hybridized carbons (Fsp3) is 0.267. The van der Waals surface area contributed by atoms with E-state index in [0.717, 1.165) is 15.8 Å². The van der Waals surface area contributed by atoms with E-state index in [-0.39, 0.29) is 5.91 Å². The van der Waals surface area contributed by atoms with Crippen molar-refractivity contribution in [3.63, 3.8) is 0 Å². The molecule has 3 rings (SSSR count). The fourth-order valence-corrected chi connectivity index (χ4v) is 3.14. The van der Waals surface area contributed by atoms with E-state index in [1.807, 2.05) is 19.9 Å². The summed E-state index contributed by atoms with van der Waals surface area (Å²) in [5.74, 6) is 0.0199. The highest BCUT2D eigenvalue weighted by Gasteiger charge is 2.18. The lowest BCUT2D eigenvalue weighted by atomic mass is 10.1. The highest BCUT2D eigenvalue weighted by Crippen LogP contribution is 2.30. The van der Waals surface area contributed by atoms with E-state index in [0.29, 0.717) is 16.6 Å². The van der Waals surface area contributed by atoms with Gasteiger partial charge in [-0.2, -0.15) is 0 Å². The van der Waals surface area contributed by atoms with Crippen molar-refractivity contribution in [2.24, 2.45) is 7.05 Å². The van der Waals surface area contributed by atoms with E-state index in [4.69, 9.17) is 4.74 Å². The Bertz CT molecular complexity index is 866. The molecule has 0 aliphatic heterocycles. The zero-order valence-electron chi connectivity index (χ0n) is 12.8. The molecule has 7 heteroatoms. The summed E-state index contributed by atoms with van der Waals surface area (Å²) in [6, 6.07) is 4.08. The largest absolute Gasteiger partial charge is 0.479 e. The number of nitrogens with one attached hydrogen (secondary N) is 1. The molecular weight excluding hydrogens is 300 g/mol. The molecule has 2 heterocycles. The van der Waals surface area contributed by atoms with Crippen molar-refractivity contribution >= 4 is 32.6 Å². The third-order valence-corrected chi connectivity index (χ3v) is 4.47. The van der Waals surface area contributed by atoms with Gasteiger partial charge in [0.1, 0.15) is 5.56 Å². The maximum absolute atomic E-state index is 12.4. The van der Waals surface area contributed by atoms with Gasteiger partial charge in [-0.25, -0.2) is 4.98 Å². The second kappa shape index (κ2) is 5.42. The Labute approximate surface area is 131 Å². The van der Waals surface area contributed by atoms with Crippen molar-refractivity contribution in [3.05, 3.63) is 35.0 Å². The van der Waals surface area contributed by atoms with Gasteiger partial charge in [0.15, 0.2) is 5.13 Å². The Kier molecular flexibility index (Phi) is 3.58. The average Bonchev–Trinajstić information content (AvgIpc) is 3.06. The van der Waals surface area contributed by atoms with Crippen LogP contribution in [0.4, 0.5) is 5.13 Å². The summed E-state index contributed by atoms with van der Waals surface area (Å²) in [5.41, 5.74) is 3.63. The molecule has 2 aromatic heterocycles. The van der Waals surface area contributed by atoms with Gasteiger partial charge in [-0.15, -0.1) is 5.10 Å². The van der Waals surface area contributed by atoms with Crippen LogP contribution in [0.3, 0.4) is 0 Å². The number of benzene rings is 1. The summed E-state index contributed by atoms with van der Waals surface area (Å²) >= 11 is 1.45. The maximum Gasteiger partial charge on any atom is 0.264 e.